The molecular weight excluding hydrogens is 627 g/mol. The van der Waals surface area contributed by atoms with Gasteiger partial charge in [-0.25, -0.2) is 9.98 Å². The van der Waals surface area contributed by atoms with Gasteiger partial charge in [-0.15, -0.1) is 0 Å². The number of nitrogens with zero attached hydrogens (tertiary/aromatic N) is 2. The number of hydrogen-bond acceptors (Lipinski definition) is 4. The molecule has 50 heavy (non-hydrogen) atoms. The zero-order valence-corrected chi connectivity index (χ0v) is 28.3. The van der Waals surface area contributed by atoms with E-state index in [1.54, 1.807) is 0 Å². The number of nitrogens with one attached hydrogen (secondary N) is 1. The van der Waals surface area contributed by atoms with Crippen molar-refractivity contribution in [2.24, 2.45) is 9.98 Å². The molecule has 1 unspecified atom stereocenters. The molecule has 0 aliphatic carbocycles. The molecule has 5 heteroatoms. The molecule has 4 nitrogen and oxygen atoms in total. The lowest BCUT2D eigenvalue weighted by molar-refractivity contribution is 0.668. The third kappa shape index (κ3) is 5.07. The fourth-order valence-corrected chi connectivity index (χ4v) is 12.2. The Hall–Kier alpha value is -6.30. The summed E-state index contributed by atoms with van der Waals surface area (Å²) in [6, 6.07) is 66.7. The predicted octanol–water partition coefficient (Wildman–Crippen LogP) is 7.46. The Morgan fingerprint density at radius 2 is 1.00 bits per heavy atom. The molecule has 8 aromatic rings. The first-order valence-corrected chi connectivity index (χ1v) is 19.0. The molecule has 7 aromatic carbocycles. The molecule has 2 heterocycles. The van der Waals surface area contributed by atoms with Crippen molar-refractivity contribution in [3.63, 3.8) is 0 Å². The Labute approximate surface area is 292 Å². The van der Waals surface area contributed by atoms with Gasteiger partial charge in [0, 0.05) is 21.9 Å². The highest BCUT2D eigenvalue weighted by Crippen LogP contribution is 2.33. The van der Waals surface area contributed by atoms with E-state index in [0.29, 0.717) is 5.84 Å². The molecular formula is C45H33N3OSi. The van der Waals surface area contributed by atoms with Crippen LogP contribution in [-0.4, -0.2) is 19.7 Å². The van der Waals surface area contributed by atoms with E-state index in [0.717, 1.165) is 44.5 Å². The van der Waals surface area contributed by atoms with Crippen molar-refractivity contribution in [1.82, 2.24) is 5.32 Å². The molecule has 1 N–H and O–H groups in total. The van der Waals surface area contributed by atoms with E-state index < -0.39 is 8.07 Å². The fraction of sp³-hybridized carbons (Fsp3) is 0.0222. The van der Waals surface area contributed by atoms with E-state index in [2.05, 4.69) is 157 Å². The summed E-state index contributed by atoms with van der Waals surface area (Å²) in [5.74, 6) is 1.46. The van der Waals surface area contributed by atoms with Gasteiger partial charge < -0.3 is 9.73 Å². The first-order chi connectivity index (χ1) is 24.8. The zero-order valence-electron chi connectivity index (χ0n) is 27.3. The van der Waals surface area contributed by atoms with E-state index in [9.17, 15) is 0 Å². The number of benzene rings is 7. The van der Waals surface area contributed by atoms with E-state index in [1.807, 2.05) is 36.4 Å². The van der Waals surface area contributed by atoms with Gasteiger partial charge in [-0.3, -0.25) is 0 Å². The predicted molar refractivity (Wildman–Crippen MR) is 209 cm³/mol. The van der Waals surface area contributed by atoms with Crippen molar-refractivity contribution in [1.29, 1.82) is 0 Å². The third-order valence-electron chi connectivity index (χ3n) is 9.71. The smallest absolute Gasteiger partial charge is 0.179 e. The van der Waals surface area contributed by atoms with Crippen molar-refractivity contribution in [2.75, 3.05) is 0 Å². The van der Waals surface area contributed by atoms with Gasteiger partial charge in [0.15, 0.2) is 13.9 Å². The number of para-hydroxylation sites is 1. The number of fused-ring (bicyclic) bond motifs is 3. The Kier molecular flexibility index (Phi) is 7.52. The van der Waals surface area contributed by atoms with Crippen LogP contribution in [0.5, 0.6) is 0 Å². The Balaban J connectivity index is 1.21. The van der Waals surface area contributed by atoms with E-state index >= 15 is 0 Å². The molecule has 0 radical (unpaired) electrons. The number of hydrogen-bond donors (Lipinski definition) is 1. The molecule has 9 rings (SSSR count). The van der Waals surface area contributed by atoms with Gasteiger partial charge in [-0.1, -0.05) is 176 Å². The molecule has 0 fully saturated rings. The lowest BCUT2D eigenvalue weighted by atomic mass is 10.0. The maximum absolute atomic E-state index is 6.25. The van der Waals surface area contributed by atoms with E-state index in [4.69, 9.17) is 14.4 Å². The molecule has 0 saturated carbocycles. The Bertz CT molecular complexity index is 2400. The van der Waals surface area contributed by atoms with Crippen LogP contribution in [0.2, 0.25) is 0 Å². The van der Waals surface area contributed by atoms with Crippen LogP contribution in [0, 0.1) is 0 Å². The van der Waals surface area contributed by atoms with Crippen LogP contribution in [0.15, 0.2) is 202 Å². The van der Waals surface area contributed by atoms with Gasteiger partial charge in [-0.05, 0) is 38.4 Å². The maximum atomic E-state index is 6.25. The van der Waals surface area contributed by atoms with Crippen molar-refractivity contribution in [3.8, 4) is 0 Å². The summed E-state index contributed by atoms with van der Waals surface area (Å²) >= 11 is 0. The number of rotatable bonds is 7. The monoisotopic (exact) mass is 659 g/mol. The van der Waals surface area contributed by atoms with E-state index in [1.165, 1.54) is 20.7 Å². The Morgan fingerprint density at radius 1 is 0.480 bits per heavy atom. The lowest BCUT2D eigenvalue weighted by Gasteiger charge is -2.34. The summed E-state index contributed by atoms with van der Waals surface area (Å²) in [4.78, 5) is 10.4. The van der Waals surface area contributed by atoms with Gasteiger partial charge in [0.1, 0.15) is 23.2 Å². The number of furan rings is 1. The molecule has 1 aliphatic heterocycles. The molecule has 1 aromatic heterocycles. The fourth-order valence-electron chi connectivity index (χ4n) is 7.43. The summed E-state index contributed by atoms with van der Waals surface area (Å²) < 4.78 is 6.25. The number of amidine groups is 2. The first-order valence-electron chi connectivity index (χ1n) is 17.0. The van der Waals surface area contributed by atoms with Crippen molar-refractivity contribution in [3.05, 3.63) is 205 Å². The van der Waals surface area contributed by atoms with Crippen LogP contribution >= 0.6 is 0 Å². The topological polar surface area (TPSA) is 49.9 Å². The largest absolute Gasteiger partial charge is 0.456 e. The highest BCUT2D eigenvalue weighted by Gasteiger charge is 2.41. The Morgan fingerprint density at radius 3 is 1.62 bits per heavy atom. The summed E-state index contributed by atoms with van der Waals surface area (Å²) in [6.07, 6.45) is -0.307. The third-order valence-corrected chi connectivity index (χ3v) is 14.5. The van der Waals surface area contributed by atoms with Crippen LogP contribution in [0.4, 0.5) is 0 Å². The second-order valence-electron chi connectivity index (χ2n) is 12.6. The molecule has 0 bridgehead atoms. The summed E-state index contributed by atoms with van der Waals surface area (Å²) in [7, 11) is -2.65. The first kappa shape index (κ1) is 29.8. The second-order valence-corrected chi connectivity index (χ2v) is 16.4. The van der Waals surface area contributed by atoms with Crippen LogP contribution in [0.1, 0.15) is 22.9 Å². The minimum Gasteiger partial charge on any atom is -0.456 e. The summed E-state index contributed by atoms with van der Waals surface area (Å²) in [5.41, 5.74) is 4.70. The molecule has 0 amide bonds. The molecule has 238 valence electrons. The minimum absolute atomic E-state index is 0.307. The molecule has 1 atom stereocenters. The maximum Gasteiger partial charge on any atom is 0.179 e. The summed E-state index contributed by atoms with van der Waals surface area (Å²) in [6.45, 7) is 0. The molecule has 1 aliphatic rings. The average molecular weight is 660 g/mol. The zero-order chi connectivity index (χ0) is 33.3. The van der Waals surface area contributed by atoms with Gasteiger partial charge in [0.2, 0.25) is 0 Å². The van der Waals surface area contributed by atoms with Crippen molar-refractivity contribution in [2.45, 2.75) is 6.17 Å². The highest BCUT2D eigenvalue weighted by atomic mass is 28.3. The number of aliphatic imine (C=N–C) groups is 2. The van der Waals surface area contributed by atoms with Crippen molar-refractivity contribution >= 4 is 62.4 Å². The van der Waals surface area contributed by atoms with E-state index in [-0.39, 0.29) is 6.17 Å². The molecule has 0 saturated heterocycles. The van der Waals surface area contributed by atoms with Crippen LogP contribution in [-0.2, 0) is 0 Å². The van der Waals surface area contributed by atoms with Gasteiger partial charge in [0.05, 0.1) is 0 Å². The second kappa shape index (κ2) is 12.6. The normalized spacial score (nSPS) is 14.6. The van der Waals surface area contributed by atoms with Crippen LogP contribution in [0.3, 0.4) is 0 Å². The minimum atomic E-state index is -2.65. The van der Waals surface area contributed by atoms with Crippen molar-refractivity contribution < 1.29 is 4.42 Å². The average Bonchev–Trinajstić information content (AvgIpc) is 3.59. The summed E-state index contributed by atoms with van der Waals surface area (Å²) in [5, 5.41) is 11.1. The van der Waals surface area contributed by atoms with Gasteiger partial charge in [-0.2, -0.15) is 0 Å². The quantitative estimate of drug-likeness (QED) is 0.143. The van der Waals surface area contributed by atoms with Crippen LogP contribution in [0.25, 0.3) is 21.9 Å². The standard InChI is InChI=1S/C45H33N3OSi/c1-5-16-32(17-6-1)43-46-44(48-45(47-43)39-25-15-27-41-42(39)38-24-13-14-26-40(38)49-41)33-28-30-37(31-29-33)50(34-18-7-2-8-19-34,35-20-9-3-10-21-35)36-22-11-4-12-23-36/h1-31,43H,(H,46,47,48). The molecule has 0 spiro atoms. The van der Waals surface area contributed by atoms with Gasteiger partial charge >= 0.3 is 0 Å². The highest BCUT2D eigenvalue weighted by molar-refractivity contribution is 7.19. The lowest BCUT2D eigenvalue weighted by Crippen LogP contribution is -2.74. The van der Waals surface area contributed by atoms with Gasteiger partial charge in [0.25, 0.3) is 0 Å². The SMILES string of the molecule is c1ccc(C2N=C(c3cccc4oc5ccccc5c34)N=C(c3ccc([Si](c4ccccc4)(c4ccccc4)c4ccccc4)cc3)N2)cc1. The van der Waals surface area contributed by atoms with Crippen LogP contribution < -0.4 is 26.1 Å².